The Labute approximate surface area is 149 Å². The predicted molar refractivity (Wildman–Crippen MR) is 101 cm³/mol. The number of carbonyl (C=O) groups is 2. The Morgan fingerprint density at radius 1 is 1.09 bits per heavy atom. The number of nitrogens with one attached hydrogen (secondary N) is 1. The van der Waals surface area contributed by atoms with E-state index >= 15 is 0 Å². The van der Waals surface area contributed by atoms with Gasteiger partial charge in [0.25, 0.3) is 5.91 Å². The summed E-state index contributed by atoms with van der Waals surface area (Å²) < 4.78 is 0.944. The van der Waals surface area contributed by atoms with Gasteiger partial charge in [-0.1, -0.05) is 18.2 Å². The van der Waals surface area contributed by atoms with Gasteiger partial charge in [0.15, 0.2) is 5.78 Å². The van der Waals surface area contributed by atoms with Gasteiger partial charge in [0.1, 0.15) is 0 Å². The number of amides is 1. The smallest absolute Gasteiger partial charge is 0.255 e. The molecule has 0 radical (unpaired) electrons. The Morgan fingerprint density at radius 3 is 2.43 bits per heavy atom. The Bertz CT molecular complexity index is 740. The molecule has 1 amide bonds. The summed E-state index contributed by atoms with van der Waals surface area (Å²) in [5.74, 6) is -0.392. The number of rotatable bonds is 5. The van der Waals surface area contributed by atoms with Gasteiger partial charge in [-0.3, -0.25) is 9.59 Å². The predicted octanol–water partition coefficient (Wildman–Crippen LogP) is 3.80. The maximum atomic E-state index is 12.3. The van der Waals surface area contributed by atoms with Gasteiger partial charge in [0.2, 0.25) is 0 Å². The van der Waals surface area contributed by atoms with Gasteiger partial charge in [-0.05, 0) is 52.9 Å². The summed E-state index contributed by atoms with van der Waals surface area (Å²) in [5, 5.41) is 2.82. The Hall–Kier alpha value is -2.15. The van der Waals surface area contributed by atoms with Crippen LogP contribution in [0.5, 0.6) is 0 Å². The molecule has 0 aromatic heterocycles. The van der Waals surface area contributed by atoms with E-state index in [2.05, 4.69) is 27.9 Å². The van der Waals surface area contributed by atoms with Crippen molar-refractivity contribution in [1.82, 2.24) is 4.90 Å². The maximum Gasteiger partial charge on any atom is 0.255 e. The molecule has 0 aliphatic carbocycles. The summed E-state index contributed by atoms with van der Waals surface area (Å²) in [6.45, 7) is 0. The van der Waals surface area contributed by atoms with Crippen LogP contribution in [0, 0.1) is 3.57 Å². The highest BCUT2D eigenvalue weighted by Crippen LogP contribution is 2.21. The maximum absolute atomic E-state index is 12.3. The van der Waals surface area contributed by atoms with E-state index in [1.165, 1.54) is 6.08 Å². The van der Waals surface area contributed by atoms with Gasteiger partial charge in [-0.15, -0.1) is 0 Å². The fraction of sp³-hybridized carbons (Fsp3) is 0.111. The first kappa shape index (κ1) is 17.2. The molecule has 5 heteroatoms. The summed E-state index contributed by atoms with van der Waals surface area (Å²) in [6, 6.07) is 14.3. The zero-order valence-electron chi connectivity index (χ0n) is 12.9. The van der Waals surface area contributed by atoms with E-state index in [4.69, 9.17) is 0 Å². The average molecular weight is 420 g/mol. The van der Waals surface area contributed by atoms with E-state index in [0.29, 0.717) is 16.8 Å². The molecule has 0 saturated carbocycles. The van der Waals surface area contributed by atoms with Crippen LogP contribution in [0.1, 0.15) is 20.7 Å². The molecule has 23 heavy (non-hydrogen) atoms. The van der Waals surface area contributed by atoms with Crippen molar-refractivity contribution >= 4 is 40.0 Å². The Balaban J connectivity index is 2.29. The van der Waals surface area contributed by atoms with E-state index in [0.717, 1.165) is 3.57 Å². The molecule has 0 aliphatic rings. The molecular weight excluding hydrogens is 403 g/mol. The SMILES string of the molecule is CN(C)/C=C/C(=O)c1ccc(I)cc1NC(=O)c1ccccc1. The van der Waals surface area contributed by atoms with Crippen molar-refractivity contribution in [3.8, 4) is 0 Å². The zero-order chi connectivity index (χ0) is 16.8. The van der Waals surface area contributed by atoms with Crippen LogP contribution in [0.4, 0.5) is 5.69 Å². The number of nitrogens with zero attached hydrogens (tertiary/aromatic N) is 1. The summed E-state index contributed by atoms with van der Waals surface area (Å²) in [6.07, 6.45) is 3.17. The third-order valence-corrected chi connectivity index (χ3v) is 3.73. The number of benzene rings is 2. The van der Waals surface area contributed by atoms with Crippen molar-refractivity contribution in [2.24, 2.45) is 0 Å². The second-order valence-corrected chi connectivity index (χ2v) is 6.40. The topological polar surface area (TPSA) is 49.4 Å². The molecule has 0 heterocycles. The fourth-order valence-electron chi connectivity index (χ4n) is 1.93. The van der Waals surface area contributed by atoms with Crippen molar-refractivity contribution < 1.29 is 9.59 Å². The lowest BCUT2D eigenvalue weighted by molar-refractivity contribution is 0.102. The van der Waals surface area contributed by atoms with E-state index < -0.39 is 0 Å². The van der Waals surface area contributed by atoms with Crippen molar-refractivity contribution in [2.75, 3.05) is 19.4 Å². The van der Waals surface area contributed by atoms with E-state index in [9.17, 15) is 9.59 Å². The standard InChI is InChI=1S/C18H17IN2O2/c1-21(2)11-10-17(22)15-9-8-14(19)12-16(15)20-18(23)13-6-4-3-5-7-13/h3-12H,1-2H3,(H,20,23)/b11-10+. The molecule has 118 valence electrons. The van der Waals surface area contributed by atoms with Crippen LogP contribution < -0.4 is 5.32 Å². The third-order valence-electron chi connectivity index (χ3n) is 3.06. The molecule has 4 nitrogen and oxygen atoms in total. The second kappa shape index (κ2) is 7.92. The Morgan fingerprint density at radius 2 is 1.78 bits per heavy atom. The molecule has 2 aromatic rings. The van der Waals surface area contributed by atoms with Crippen LogP contribution >= 0.6 is 22.6 Å². The molecule has 0 fully saturated rings. The van der Waals surface area contributed by atoms with Crippen molar-refractivity contribution in [1.29, 1.82) is 0 Å². The number of hydrogen-bond acceptors (Lipinski definition) is 3. The summed E-state index contributed by atoms with van der Waals surface area (Å²) in [7, 11) is 3.69. The number of ketones is 1. The highest BCUT2D eigenvalue weighted by Gasteiger charge is 2.13. The monoisotopic (exact) mass is 420 g/mol. The molecule has 0 spiro atoms. The third kappa shape index (κ3) is 4.92. The first-order valence-electron chi connectivity index (χ1n) is 7.02. The van der Waals surface area contributed by atoms with Gasteiger partial charge in [0.05, 0.1) is 5.69 Å². The van der Waals surface area contributed by atoms with Crippen LogP contribution in [0.15, 0.2) is 60.8 Å². The van der Waals surface area contributed by atoms with E-state index in [1.807, 2.05) is 26.2 Å². The van der Waals surface area contributed by atoms with Crippen LogP contribution in [-0.4, -0.2) is 30.7 Å². The fourth-order valence-corrected chi connectivity index (χ4v) is 2.42. The molecule has 2 rings (SSSR count). The van der Waals surface area contributed by atoms with Crippen LogP contribution in [0.2, 0.25) is 0 Å². The number of anilines is 1. The second-order valence-electron chi connectivity index (χ2n) is 5.15. The van der Waals surface area contributed by atoms with Crippen molar-refractivity contribution in [3.05, 3.63) is 75.5 Å². The highest BCUT2D eigenvalue weighted by atomic mass is 127. The zero-order valence-corrected chi connectivity index (χ0v) is 15.1. The van der Waals surface area contributed by atoms with Crippen LogP contribution in [0.3, 0.4) is 0 Å². The van der Waals surface area contributed by atoms with E-state index in [-0.39, 0.29) is 11.7 Å². The minimum atomic E-state index is -0.238. The number of hydrogen-bond donors (Lipinski definition) is 1. The molecule has 0 aliphatic heterocycles. The molecule has 0 unspecified atom stereocenters. The molecular formula is C18H17IN2O2. The molecule has 0 bridgehead atoms. The largest absolute Gasteiger partial charge is 0.383 e. The first-order chi connectivity index (χ1) is 11.0. The normalized spacial score (nSPS) is 10.6. The highest BCUT2D eigenvalue weighted by molar-refractivity contribution is 14.1. The first-order valence-corrected chi connectivity index (χ1v) is 8.10. The van der Waals surface area contributed by atoms with Gasteiger partial charge in [-0.2, -0.15) is 0 Å². The van der Waals surface area contributed by atoms with Gasteiger partial charge in [-0.25, -0.2) is 0 Å². The molecule has 1 N–H and O–H groups in total. The minimum Gasteiger partial charge on any atom is -0.383 e. The molecule has 2 aromatic carbocycles. The Kier molecular flexibility index (Phi) is 5.92. The summed E-state index contributed by atoms with van der Waals surface area (Å²) in [5.41, 5.74) is 1.53. The van der Waals surface area contributed by atoms with Crippen molar-refractivity contribution in [3.63, 3.8) is 0 Å². The quantitative estimate of drug-likeness (QED) is 0.455. The summed E-state index contributed by atoms with van der Waals surface area (Å²) >= 11 is 2.15. The lowest BCUT2D eigenvalue weighted by atomic mass is 10.1. The average Bonchev–Trinajstić information content (AvgIpc) is 2.53. The van der Waals surface area contributed by atoms with E-state index in [1.54, 1.807) is 47.5 Å². The van der Waals surface area contributed by atoms with Gasteiger partial charge >= 0.3 is 0 Å². The van der Waals surface area contributed by atoms with Gasteiger partial charge < -0.3 is 10.2 Å². The van der Waals surface area contributed by atoms with Crippen molar-refractivity contribution in [2.45, 2.75) is 0 Å². The lowest BCUT2D eigenvalue weighted by Crippen LogP contribution is -2.14. The lowest BCUT2D eigenvalue weighted by Gasteiger charge is -2.10. The van der Waals surface area contributed by atoms with Gasteiger partial charge in [0, 0.05) is 41.1 Å². The van der Waals surface area contributed by atoms with Crippen LogP contribution in [0.25, 0.3) is 0 Å². The van der Waals surface area contributed by atoms with Crippen LogP contribution in [-0.2, 0) is 0 Å². The molecule has 0 saturated heterocycles. The number of halogens is 1. The number of allylic oxidation sites excluding steroid dienone is 1. The number of carbonyl (C=O) groups excluding carboxylic acids is 2. The summed E-state index contributed by atoms with van der Waals surface area (Å²) in [4.78, 5) is 26.4. The minimum absolute atomic E-state index is 0.154. The molecule has 0 atom stereocenters.